The summed E-state index contributed by atoms with van der Waals surface area (Å²) >= 11 is 0. The van der Waals surface area contributed by atoms with E-state index in [1.807, 2.05) is 12.1 Å². The van der Waals surface area contributed by atoms with E-state index in [4.69, 9.17) is 9.47 Å². The van der Waals surface area contributed by atoms with Crippen LogP contribution in [-0.4, -0.2) is 25.3 Å². The summed E-state index contributed by atoms with van der Waals surface area (Å²) in [5.41, 5.74) is 3.33. The molecule has 1 N–H and O–H groups in total. The SMILES string of the molecule is CC(C)c1ccc(C2C#CC=C(C(=O)Nc3ccc4c(c3)OCCO4)C=N2)cc1. The summed E-state index contributed by atoms with van der Waals surface area (Å²) < 4.78 is 11.1. The fraction of sp³-hybridized carbons (Fsp3) is 0.250. The number of nitrogens with zero attached hydrogens (tertiary/aromatic N) is 1. The minimum absolute atomic E-state index is 0.268. The third-order valence-electron chi connectivity index (χ3n) is 4.79. The van der Waals surface area contributed by atoms with E-state index in [1.165, 1.54) is 5.56 Å². The normalized spacial score (nSPS) is 17.1. The Hall–Kier alpha value is -3.52. The Bertz CT molecular complexity index is 1040. The zero-order valence-electron chi connectivity index (χ0n) is 16.4. The van der Waals surface area contributed by atoms with Gasteiger partial charge in [-0.3, -0.25) is 9.79 Å². The molecule has 0 radical (unpaired) electrons. The van der Waals surface area contributed by atoms with E-state index in [9.17, 15) is 4.79 Å². The molecular weight excluding hydrogens is 364 g/mol. The average molecular weight is 386 g/mol. The van der Waals surface area contributed by atoms with Crippen LogP contribution in [0.3, 0.4) is 0 Å². The van der Waals surface area contributed by atoms with Gasteiger partial charge >= 0.3 is 0 Å². The number of allylic oxidation sites excluding steroid dienone is 1. The van der Waals surface area contributed by atoms with Crippen molar-refractivity contribution in [2.75, 3.05) is 18.5 Å². The molecule has 2 aliphatic heterocycles. The molecule has 0 aromatic heterocycles. The minimum Gasteiger partial charge on any atom is -0.486 e. The van der Waals surface area contributed by atoms with Crippen LogP contribution in [0.25, 0.3) is 0 Å². The van der Waals surface area contributed by atoms with Crippen molar-refractivity contribution >= 4 is 17.8 Å². The van der Waals surface area contributed by atoms with Crippen LogP contribution >= 0.6 is 0 Å². The van der Waals surface area contributed by atoms with Gasteiger partial charge in [-0.2, -0.15) is 0 Å². The maximum atomic E-state index is 12.6. The zero-order chi connectivity index (χ0) is 20.2. The number of carbonyl (C=O) groups is 1. The first kappa shape index (κ1) is 18.8. The van der Waals surface area contributed by atoms with Crippen molar-refractivity contribution in [2.45, 2.75) is 25.8 Å². The van der Waals surface area contributed by atoms with Crippen molar-refractivity contribution in [1.29, 1.82) is 0 Å². The zero-order valence-corrected chi connectivity index (χ0v) is 16.4. The standard InChI is InChI=1S/C24H22N2O3/c1-16(2)17-6-8-18(9-7-17)21-5-3-4-19(15-25-21)24(27)26-20-10-11-22-23(14-20)29-13-12-28-22/h4,6-11,14-16,21H,12-13H2,1-2H3,(H,26,27). The topological polar surface area (TPSA) is 59.9 Å². The highest BCUT2D eigenvalue weighted by atomic mass is 16.6. The van der Waals surface area contributed by atoms with Crippen LogP contribution in [0.5, 0.6) is 11.5 Å². The quantitative estimate of drug-likeness (QED) is 0.798. The van der Waals surface area contributed by atoms with Gasteiger partial charge in [0, 0.05) is 24.0 Å². The van der Waals surface area contributed by atoms with E-state index in [0.29, 0.717) is 41.9 Å². The van der Waals surface area contributed by atoms with Gasteiger partial charge in [0.2, 0.25) is 0 Å². The van der Waals surface area contributed by atoms with Crippen LogP contribution < -0.4 is 14.8 Å². The third-order valence-corrected chi connectivity index (χ3v) is 4.79. The second-order valence-corrected chi connectivity index (χ2v) is 7.20. The first-order valence-corrected chi connectivity index (χ1v) is 9.65. The molecule has 5 heteroatoms. The molecule has 1 unspecified atom stereocenters. The fourth-order valence-corrected chi connectivity index (χ4v) is 3.11. The summed E-state index contributed by atoms with van der Waals surface area (Å²) in [6.07, 6.45) is 3.17. The summed E-state index contributed by atoms with van der Waals surface area (Å²) in [7, 11) is 0. The van der Waals surface area contributed by atoms with Crippen molar-refractivity contribution in [3.05, 3.63) is 65.2 Å². The highest BCUT2D eigenvalue weighted by Gasteiger charge is 2.15. The molecule has 0 saturated carbocycles. The summed E-state index contributed by atoms with van der Waals surface area (Å²) in [5, 5.41) is 2.86. The molecule has 1 atom stereocenters. The second-order valence-electron chi connectivity index (χ2n) is 7.20. The minimum atomic E-state index is -0.285. The second kappa shape index (κ2) is 8.24. The van der Waals surface area contributed by atoms with Crippen LogP contribution in [0, 0.1) is 11.8 Å². The summed E-state index contributed by atoms with van der Waals surface area (Å²) in [6.45, 7) is 5.35. The highest BCUT2D eigenvalue weighted by molar-refractivity contribution is 6.18. The number of rotatable bonds is 4. The molecule has 29 heavy (non-hydrogen) atoms. The molecule has 0 spiro atoms. The molecule has 1 amide bonds. The number of hydrogen-bond acceptors (Lipinski definition) is 4. The lowest BCUT2D eigenvalue weighted by Gasteiger charge is -2.19. The molecule has 146 valence electrons. The number of amides is 1. The number of aliphatic imine (C=N–C) groups is 1. The van der Waals surface area contributed by atoms with Gasteiger partial charge in [-0.25, -0.2) is 0 Å². The number of ether oxygens (including phenoxy) is 2. The van der Waals surface area contributed by atoms with E-state index in [1.54, 1.807) is 30.5 Å². The van der Waals surface area contributed by atoms with Gasteiger partial charge < -0.3 is 14.8 Å². The highest BCUT2D eigenvalue weighted by Crippen LogP contribution is 2.32. The predicted molar refractivity (Wildman–Crippen MR) is 114 cm³/mol. The van der Waals surface area contributed by atoms with Gasteiger partial charge in [0.1, 0.15) is 19.3 Å². The van der Waals surface area contributed by atoms with Crippen LogP contribution in [0.2, 0.25) is 0 Å². The fourth-order valence-electron chi connectivity index (χ4n) is 3.11. The molecule has 2 heterocycles. The van der Waals surface area contributed by atoms with Crippen LogP contribution in [0.1, 0.15) is 36.9 Å². The number of fused-ring (bicyclic) bond motifs is 1. The van der Waals surface area contributed by atoms with Crippen LogP contribution in [0.4, 0.5) is 5.69 Å². The van der Waals surface area contributed by atoms with Gasteiger partial charge in [0.05, 0.1) is 5.57 Å². The molecule has 2 aliphatic rings. The lowest BCUT2D eigenvalue weighted by molar-refractivity contribution is -0.112. The largest absolute Gasteiger partial charge is 0.486 e. The predicted octanol–water partition coefficient (Wildman–Crippen LogP) is 4.28. The van der Waals surface area contributed by atoms with Gasteiger partial charge in [-0.05, 0) is 29.2 Å². The molecule has 2 aromatic carbocycles. The van der Waals surface area contributed by atoms with E-state index in [2.05, 4.69) is 48.1 Å². The van der Waals surface area contributed by atoms with E-state index < -0.39 is 0 Å². The van der Waals surface area contributed by atoms with Crippen LogP contribution in [0.15, 0.2) is 59.1 Å². The maximum absolute atomic E-state index is 12.6. The Morgan fingerprint density at radius 2 is 1.86 bits per heavy atom. The number of anilines is 1. The molecule has 0 aliphatic carbocycles. The maximum Gasteiger partial charge on any atom is 0.257 e. The molecule has 5 nitrogen and oxygen atoms in total. The van der Waals surface area contributed by atoms with Gasteiger partial charge in [-0.1, -0.05) is 50.0 Å². The monoisotopic (exact) mass is 386 g/mol. The van der Waals surface area contributed by atoms with Gasteiger partial charge in [-0.15, -0.1) is 0 Å². The third kappa shape index (κ3) is 4.33. The van der Waals surface area contributed by atoms with E-state index in [0.717, 1.165) is 5.56 Å². The number of nitrogens with one attached hydrogen (secondary N) is 1. The van der Waals surface area contributed by atoms with Crippen molar-refractivity contribution < 1.29 is 14.3 Å². The van der Waals surface area contributed by atoms with Crippen molar-refractivity contribution in [2.24, 2.45) is 4.99 Å². The van der Waals surface area contributed by atoms with Crippen molar-refractivity contribution in [3.63, 3.8) is 0 Å². The van der Waals surface area contributed by atoms with Crippen molar-refractivity contribution in [1.82, 2.24) is 0 Å². The Labute approximate surface area is 170 Å². The number of hydrogen-bond donors (Lipinski definition) is 1. The molecule has 2 aromatic rings. The molecule has 4 rings (SSSR count). The Balaban J connectivity index is 1.45. The molecule has 0 saturated heterocycles. The summed E-state index contributed by atoms with van der Waals surface area (Å²) in [5.74, 6) is 7.57. The summed E-state index contributed by atoms with van der Waals surface area (Å²) in [6, 6.07) is 13.3. The lowest BCUT2D eigenvalue weighted by atomic mass is 9.99. The van der Waals surface area contributed by atoms with E-state index >= 15 is 0 Å². The number of benzene rings is 2. The lowest BCUT2D eigenvalue weighted by Crippen LogP contribution is -2.17. The molecule has 0 fully saturated rings. The Morgan fingerprint density at radius 3 is 2.62 bits per heavy atom. The number of carbonyl (C=O) groups excluding carboxylic acids is 1. The van der Waals surface area contributed by atoms with Crippen LogP contribution in [-0.2, 0) is 4.79 Å². The average Bonchev–Trinajstić information content (AvgIpc) is 3.00. The first-order valence-electron chi connectivity index (χ1n) is 9.65. The molecule has 0 bridgehead atoms. The smallest absolute Gasteiger partial charge is 0.257 e. The van der Waals surface area contributed by atoms with Gasteiger partial charge in [0.25, 0.3) is 5.91 Å². The Kier molecular flexibility index (Phi) is 5.35. The van der Waals surface area contributed by atoms with E-state index in [-0.39, 0.29) is 11.9 Å². The van der Waals surface area contributed by atoms with Crippen molar-refractivity contribution in [3.8, 4) is 23.3 Å². The first-order chi connectivity index (χ1) is 14.1. The van der Waals surface area contributed by atoms with Gasteiger partial charge in [0.15, 0.2) is 11.5 Å². The molecular formula is C24H22N2O3. The summed E-state index contributed by atoms with van der Waals surface area (Å²) in [4.78, 5) is 17.2. The Morgan fingerprint density at radius 1 is 1.10 bits per heavy atom.